The van der Waals surface area contributed by atoms with Crippen LogP contribution in [0.3, 0.4) is 0 Å². The van der Waals surface area contributed by atoms with E-state index in [1.165, 1.54) is 17.5 Å². The van der Waals surface area contributed by atoms with Gasteiger partial charge in [-0.3, -0.25) is 0 Å². The molecule has 0 aliphatic heterocycles. The molecule has 0 fully saturated rings. The second-order valence-corrected chi connectivity index (χ2v) is 4.21. The summed E-state index contributed by atoms with van der Waals surface area (Å²) in [7, 11) is 0. The quantitative estimate of drug-likeness (QED) is 0.814. The smallest absolute Gasteiger partial charge is 0.0124 e. The Morgan fingerprint density at radius 3 is 1.88 bits per heavy atom. The van der Waals surface area contributed by atoms with E-state index in [9.17, 15) is 0 Å². The molecule has 0 spiro atoms. The second-order valence-electron chi connectivity index (χ2n) is 4.21. The molecule has 0 heterocycles. The predicted molar refractivity (Wildman–Crippen MR) is 74.6 cm³/mol. The van der Waals surface area contributed by atoms with Crippen molar-refractivity contribution in [3.8, 4) is 0 Å². The Balaban J connectivity index is 0.00000144. The first-order valence-electron chi connectivity index (χ1n) is 5.99. The van der Waals surface area contributed by atoms with E-state index in [4.69, 9.17) is 0 Å². The molecule has 2 rings (SSSR count). The van der Waals surface area contributed by atoms with Crippen molar-refractivity contribution in [2.24, 2.45) is 0 Å². The molecule has 1 unspecified atom stereocenters. The summed E-state index contributed by atoms with van der Waals surface area (Å²) in [6.07, 6.45) is 2.33. The van der Waals surface area contributed by atoms with Gasteiger partial charge in [0.2, 0.25) is 0 Å². The van der Waals surface area contributed by atoms with Crippen molar-refractivity contribution < 1.29 is 0 Å². The minimum atomic E-state index is 0. The zero-order valence-corrected chi connectivity index (χ0v) is 10.5. The van der Waals surface area contributed by atoms with E-state index in [0.29, 0.717) is 5.92 Å². The second kappa shape index (κ2) is 6.87. The molecule has 1 heteroatoms. The number of hydrogen-bond acceptors (Lipinski definition) is 1. The van der Waals surface area contributed by atoms with E-state index >= 15 is 0 Å². The van der Waals surface area contributed by atoms with E-state index in [2.05, 4.69) is 67.6 Å². The summed E-state index contributed by atoms with van der Waals surface area (Å²) in [5, 5.41) is 0. The summed E-state index contributed by atoms with van der Waals surface area (Å²) in [5.41, 5.74) is 2.88. The first-order chi connectivity index (χ1) is 7.90. The van der Waals surface area contributed by atoms with Crippen LogP contribution >= 0.6 is 0 Å². The van der Waals surface area contributed by atoms with Gasteiger partial charge in [0.25, 0.3) is 0 Å². The molecule has 0 aromatic heterocycles. The van der Waals surface area contributed by atoms with Crippen molar-refractivity contribution in [1.29, 1.82) is 0 Å². The SMILES string of the molecule is CCC(Cc1ccccc1)c1ccccc1.N. The molecule has 0 radical (unpaired) electrons. The first kappa shape index (κ1) is 13.5. The van der Waals surface area contributed by atoms with Crippen LogP contribution in [-0.2, 0) is 6.42 Å². The maximum atomic E-state index is 2.26. The topological polar surface area (TPSA) is 35.0 Å². The molecule has 0 bridgehead atoms. The van der Waals surface area contributed by atoms with Gasteiger partial charge in [0.05, 0.1) is 0 Å². The molecule has 0 saturated heterocycles. The molecule has 2 aromatic rings. The molecule has 0 saturated carbocycles. The van der Waals surface area contributed by atoms with E-state index in [0.717, 1.165) is 6.42 Å². The molecule has 1 nitrogen and oxygen atoms in total. The van der Waals surface area contributed by atoms with Gasteiger partial charge in [-0.2, -0.15) is 0 Å². The lowest BCUT2D eigenvalue weighted by Gasteiger charge is -2.15. The monoisotopic (exact) mass is 227 g/mol. The third-order valence-corrected chi connectivity index (χ3v) is 3.09. The molecule has 3 N–H and O–H groups in total. The van der Waals surface area contributed by atoms with Crippen molar-refractivity contribution in [3.05, 3.63) is 71.8 Å². The highest BCUT2D eigenvalue weighted by atomic mass is 14.1. The Bertz CT molecular complexity index is 408. The van der Waals surface area contributed by atoms with Crippen molar-refractivity contribution in [3.63, 3.8) is 0 Å². The summed E-state index contributed by atoms with van der Waals surface area (Å²) in [6, 6.07) is 21.5. The Hall–Kier alpha value is -1.60. The first-order valence-corrected chi connectivity index (χ1v) is 5.99. The minimum absolute atomic E-state index is 0. The van der Waals surface area contributed by atoms with E-state index < -0.39 is 0 Å². The van der Waals surface area contributed by atoms with Gasteiger partial charge in [0.15, 0.2) is 0 Å². The Kier molecular flexibility index (Phi) is 5.44. The van der Waals surface area contributed by atoms with Crippen LogP contribution < -0.4 is 6.15 Å². The van der Waals surface area contributed by atoms with E-state index in [1.807, 2.05) is 0 Å². The van der Waals surface area contributed by atoms with Gasteiger partial charge in [0, 0.05) is 0 Å². The summed E-state index contributed by atoms with van der Waals surface area (Å²) >= 11 is 0. The van der Waals surface area contributed by atoms with Crippen LogP contribution in [-0.4, -0.2) is 0 Å². The minimum Gasteiger partial charge on any atom is -0.344 e. The average molecular weight is 227 g/mol. The lowest BCUT2D eigenvalue weighted by molar-refractivity contribution is 0.660. The van der Waals surface area contributed by atoms with Gasteiger partial charge >= 0.3 is 0 Å². The fraction of sp³-hybridized carbons (Fsp3) is 0.250. The van der Waals surface area contributed by atoms with Gasteiger partial charge in [-0.05, 0) is 29.9 Å². The average Bonchev–Trinajstić information content (AvgIpc) is 2.38. The number of rotatable bonds is 4. The van der Waals surface area contributed by atoms with E-state index in [1.54, 1.807) is 0 Å². The summed E-state index contributed by atoms with van der Waals surface area (Å²) in [5.74, 6) is 0.642. The molecule has 0 aliphatic rings. The van der Waals surface area contributed by atoms with Crippen LogP contribution in [0.15, 0.2) is 60.7 Å². The normalized spacial score (nSPS) is 11.6. The van der Waals surface area contributed by atoms with Gasteiger partial charge in [0.1, 0.15) is 0 Å². The lowest BCUT2D eigenvalue weighted by atomic mass is 9.90. The predicted octanol–water partition coefficient (Wildman–Crippen LogP) is 4.58. The van der Waals surface area contributed by atoms with E-state index in [-0.39, 0.29) is 6.15 Å². The standard InChI is InChI=1S/C16H18.H3N/c1-2-15(16-11-7-4-8-12-16)13-14-9-5-3-6-10-14;/h3-12,15H,2,13H2,1H3;1H3. The third kappa shape index (κ3) is 3.72. The van der Waals surface area contributed by atoms with Crippen molar-refractivity contribution in [2.75, 3.05) is 0 Å². The lowest BCUT2D eigenvalue weighted by Crippen LogP contribution is -2.01. The van der Waals surface area contributed by atoms with Crippen molar-refractivity contribution in [1.82, 2.24) is 6.15 Å². The molecular formula is C16H21N. The van der Waals surface area contributed by atoms with Crippen molar-refractivity contribution >= 4 is 0 Å². The number of benzene rings is 2. The summed E-state index contributed by atoms with van der Waals surface area (Å²) in [6.45, 7) is 2.26. The summed E-state index contributed by atoms with van der Waals surface area (Å²) in [4.78, 5) is 0. The maximum absolute atomic E-state index is 2.26. The van der Waals surface area contributed by atoms with Crippen LogP contribution in [0.5, 0.6) is 0 Å². The van der Waals surface area contributed by atoms with Gasteiger partial charge < -0.3 is 6.15 Å². The maximum Gasteiger partial charge on any atom is -0.0124 e. The third-order valence-electron chi connectivity index (χ3n) is 3.09. The molecule has 90 valence electrons. The fourth-order valence-electron chi connectivity index (χ4n) is 2.12. The van der Waals surface area contributed by atoms with Crippen molar-refractivity contribution in [2.45, 2.75) is 25.7 Å². The molecule has 17 heavy (non-hydrogen) atoms. The zero-order chi connectivity index (χ0) is 11.2. The van der Waals surface area contributed by atoms with Gasteiger partial charge in [-0.25, -0.2) is 0 Å². The fourth-order valence-corrected chi connectivity index (χ4v) is 2.12. The number of hydrogen-bond donors (Lipinski definition) is 1. The molecule has 0 amide bonds. The largest absolute Gasteiger partial charge is 0.344 e. The zero-order valence-electron chi connectivity index (χ0n) is 10.5. The molecule has 0 aliphatic carbocycles. The Morgan fingerprint density at radius 2 is 1.35 bits per heavy atom. The highest BCUT2D eigenvalue weighted by molar-refractivity contribution is 5.24. The van der Waals surface area contributed by atoms with Crippen LogP contribution in [0, 0.1) is 0 Å². The Labute approximate surface area is 104 Å². The highest BCUT2D eigenvalue weighted by Crippen LogP contribution is 2.23. The van der Waals surface area contributed by atoms with Gasteiger partial charge in [-0.15, -0.1) is 0 Å². The summed E-state index contributed by atoms with van der Waals surface area (Å²) < 4.78 is 0. The van der Waals surface area contributed by atoms with Crippen LogP contribution in [0.25, 0.3) is 0 Å². The van der Waals surface area contributed by atoms with Crippen LogP contribution in [0.2, 0.25) is 0 Å². The molecule has 2 aromatic carbocycles. The highest BCUT2D eigenvalue weighted by Gasteiger charge is 2.09. The molecular weight excluding hydrogens is 206 g/mol. The molecule has 1 atom stereocenters. The van der Waals surface area contributed by atoms with Crippen LogP contribution in [0.4, 0.5) is 0 Å². The van der Waals surface area contributed by atoms with Crippen LogP contribution in [0.1, 0.15) is 30.4 Å². The van der Waals surface area contributed by atoms with Gasteiger partial charge in [-0.1, -0.05) is 67.6 Å². The Morgan fingerprint density at radius 1 is 0.824 bits per heavy atom.